The van der Waals surface area contributed by atoms with E-state index in [2.05, 4.69) is 10.1 Å². The molecular formula is C15H15FN2O3. The van der Waals surface area contributed by atoms with E-state index in [1.807, 2.05) is 0 Å². The lowest BCUT2D eigenvalue weighted by Gasteiger charge is -2.12. The number of benzene rings is 2. The first-order chi connectivity index (χ1) is 10.0. The molecule has 2 aromatic rings. The number of halogens is 1. The second-order valence-corrected chi connectivity index (χ2v) is 4.26. The zero-order valence-electron chi connectivity index (χ0n) is 11.6. The van der Waals surface area contributed by atoms with Crippen LogP contribution in [0.3, 0.4) is 0 Å². The van der Waals surface area contributed by atoms with E-state index in [1.165, 1.54) is 44.6 Å². The highest BCUT2D eigenvalue weighted by molar-refractivity contribution is 5.92. The molecule has 0 fully saturated rings. The van der Waals surface area contributed by atoms with Crippen molar-refractivity contribution in [2.45, 2.75) is 0 Å². The molecule has 0 aliphatic heterocycles. The first kappa shape index (κ1) is 14.6. The molecule has 0 bridgehead atoms. The molecule has 3 N–H and O–H groups in total. The monoisotopic (exact) mass is 290 g/mol. The number of carbonyl (C=O) groups is 1. The maximum Gasteiger partial charge on any atom is 0.337 e. The lowest BCUT2D eigenvalue weighted by atomic mass is 10.1. The minimum atomic E-state index is -0.496. The topological polar surface area (TPSA) is 73.6 Å². The Balaban J connectivity index is 2.37. The van der Waals surface area contributed by atoms with Gasteiger partial charge in [-0.2, -0.15) is 0 Å². The maximum atomic E-state index is 13.8. The van der Waals surface area contributed by atoms with Gasteiger partial charge in [-0.25, -0.2) is 9.18 Å². The van der Waals surface area contributed by atoms with Crippen LogP contribution in [0, 0.1) is 5.82 Å². The van der Waals surface area contributed by atoms with Gasteiger partial charge in [0.25, 0.3) is 0 Å². The number of hydrogen-bond donors (Lipinski definition) is 2. The number of rotatable bonds is 4. The minimum Gasteiger partial charge on any atom is -0.497 e. The van der Waals surface area contributed by atoms with Gasteiger partial charge in [0.1, 0.15) is 11.6 Å². The van der Waals surface area contributed by atoms with E-state index in [1.54, 1.807) is 6.07 Å². The van der Waals surface area contributed by atoms with E-state index >= 15 is 0 Å². The number of anilines is 3. The number of esters is 1. The normalized spacial score (nSPS) is 10.0. The highest BCUT2D eigenvalue weighted by atomic mass is 19.1. The van der Waals surface area contributed by atoms with Crippen LogP contribution in [0.25, 0.3) is 0 Å². The van der Waals surface area contributed by atoms with Crippen LogP contribution < -0.4 is 15.8 Å². The lowest BCUT2D eigenvalue weighted by molar-refractivity contribution is 0.0601. The number of carbonyl (C=O) groups excluding carboxylic acids is 1. The first-order valence-electron chi connectivity index (χ1n) is 6.13. The van der Waals surface area contributed by atoms with Crippen molar-refractivity contribution in [3.63, 3.8) is 0 Å². The van der Waals surface area contributed by atoms with Crippen molar-refractivity contribution < 1.29 is 18.7 Å². The number of nitrogen functional groups attached to an aromatic ring is 1. The van der Waals surface area contributed by atoms with E-state index in [9.17, 15) is 9.18 Å². The summed E-state index contributed by atoms with van der Waals surface area (Å²) >= 11 is 0. The highest BCUT2D eigenvalue weighted by Crippen LogP contribution is 2.28. The van der Waals surface area contributed by atoms with Crippen LogP contribution in [0.2, 0.25) is 0 Å². The van der Waals surface area contributed by atoms with E-state index in [4.69, 9.17) is 10.5 Å². The molecule has 110 valence electrons. The third-order valence-corrected chi connectivity index (χ3v) is 2.92. The summed E-state index contributed by atoms with van der Waals surface area (Å²) in [5, 5.41) is 2.85. The van der Waals surface area contributed by atoms with Crippen LogP contribution in [0.4, 0.5) is 21.5 Å². The molecule has 0 spiro atoms. The van der Waals surface area contributed by atoms with Gasteiger partial charge in [-0.3, -0.25) is 0 Å². The van der Waals surface area contributed by atoms with E-state index in [0.717, 1.165) is 0 Å². The summed E-state index contributed by atoms with van der Waals surface area (Å²) in [6.45, 7) is 0. The number of hydrogen-bond acceptors (Lipinski definition) is 5. The van der Waals surface area contributed by atoms with Crippen molar-refractivity contribution in [1.82, 2.24) is 0 Å². The Hall–Kier alpha value is -2.76. The molecule has 0 aliphatic carbocycles. The molecule has 0 unspecified atom stereocenters. The summed E-state index contributed by atoms with van der Waals surface area (Å²) in [5.41, 5.74) is 7.13. The Morgan fingerprint density at radius 3 is 2.57 bits per heavy atom. The van der Waals surface area contributed by atoms with Crippen LogP contribution in [-0.2, 0) is 4.74 Å². The van der Waals surface area contributed by atoms with Crippen molar-refractivity contribution >= 4 is 23.0 Å². The molecule has 0 saturated heterocycles. The van der Waals surface area contributed by atoms with Crippen molar-refractivity contribution in [2.24, 2.45) is 0 Å². The minimum absolute atomic E-state index is 0.197. The molecular weight excluding hydrogens is 275 g/mol. The van der Waals surface area contributed by atoms with Crippen LogP contribution in [-0.4, -0.2) is 20.2 Å². The second kappa shape index (κ2) is 6.13. The number of ether oxygens (including phenoxy) is 2. The molecule has 2 aromatic carbocycles. The largest absolute Gasteiger partial charge is 0.497 e. The Kier molecular flexibility index (Phi) is 4.27. The quantitative estimate of drug-likeness (QED) is 0.669. The van der Waals surface area contributed by atoms with Gasteiger partial charge >= 0.3 is 5.97 Å². The Morgan fingerprint density at radius 2 is 1.90 bits per heavy atom. The average Bonchev–Trinajstić information content (AvgIpc) is 2.50. The van der Waals surface area contributed by atoms with Gasteiger partial charge in [0, 0.05) is 6.07 Å². The van der Waals surface area contributed by atoms with E-state index in [0.29, 0.717) is 22.7 Å². The summed E-state index contributed by atoms with van der Waals surface area (Å²) < 4.78 is 23.5. The fourth-order valence-corrected chi connectivity index (χ4v) is 1.78. The summed E-state index contributed by atoms with van der Waals surface area (Å²) in [6.07, 6.45) is 0. The SMILES string of the molecule is COC(=O)c1ccc(N)c(Nc2cc(OC)ccc2F)c1. The predicted molar refractivity (Wildman–Crippen MR) is 78.4 cm³/mol. The zero-order valence-corrected chi connectivity index (χ0v) is 11.6. The second-order valence-electron chi connectivity index (χ2n) is 4.26. The Bertz CT molecular complexity index is 674. The lowest BCUT2D eigenvalue weighted by Crippen LogP contribution is -2.04. The maximum absolute atomic E-state index is 13.8. The van der Waals surface area contributed by atoms with Gasteiger partial charge in [0.2, 0.25) is 0 Å². The Morgan fingerprint density at radius 1 is 1.14 bits per heavy atom. The molecule has 2 rings (SSSR count). The van der Waals surface area contributed by atoms with Gasteiger partial charge in [-0.15, -0.1) is 0 Å². The number of nitrogens with one attached hydrogen (secondary N) is 1. The summed E-state index contributed by atoms with van der Waals surface area (Å²) in [7, 11) is 2.77. The molecule has 5 nitrogen and oxygen atoms in total. The molecule has 6 heteroatoms. The summed E-state index contributed by atoms with van der Waals surface area (Å²) in [5.74, 6) is -0.454. The van der Waals surface area contributed by atoms with E-state index in [-0.39, 0.29) is 5.69 Å². The van der Waals surface area contributed by atoms with Crippen LogP contribution in [0.15, 0.2) is 36.4 Å². The fraction of sp³-hybridized carbons (Fsp3) is 0.133. The smallest absolute Gasteiger partial charge is 0.337 e. The van der Waals surface area contributed by atoms with Gasteiger partial charge in [0.15, 0.2) is 0 Å². The standard InChI is InChI=1S/C15H15FN2O3/c1-20-10-4-5-11(16)13(8-10)18-14-7-9(15(19)21-2)3-6-12(14)17/h3-8,18H,17H2,1-2H3. The summed E-state index contributed by atoms with van der Waals surface area (Å²) in [4.78, 5) is 11.5. The molecule has 0 aromatic heterocycles. The predicted octanol–water partition coefficient (Wildman–Crippen LogP) is 2.95. The van der Waals surface area contributed by atoms with Crippen molar-refractivity contribution in [2.75, 3.05) is 25.3 Å². The van der Waals surface area contributed by atoms with Gasteiger partial charge < -0.3 is 20.5 Å². The molecule has 0 radical (unpaired) electrons. The van der Waals surface area contributed by atoms with Crippen LogP contribution in [0.5, 0.6) is 5.75 Å². The third-order valence-electron chi connectivity index (χ3n) is 2.92. The number of nitrogens with two attached hydrogens (primary N) is 1. The van der Waals surface area contributed by atoms with Gasteiger partial charge in [0.05, 0.1) is 36.8 Å². The first-order valence-corrected chi connectivity index (χ1v) is 6.13. The van der Waals surface area contributed by atoms with Crippen molar-refractivity contribution in [3.8, 4) is 5.75 Å². The van der Waals surface area contributed by atoms with Crippen LogP contribution in [0.1, 0.15) is 10.4 Å². The zero-order chi connectivity index (χ0) is 15.4. The molecule has 0 saturated carbocycles. The van der Waals surface area contributed by atoms with Crippen LogP contribution >= 0.6 is 0 Å². The Labute approximate surface area is 121 Å². The van der Waals surface area contributed by atoms with Gasteiger partial charge in [-0.1, -0.05) is 0 Å². The average molecular weight is 290 g/mol. The highest BCUT2D eigenvalue weighted by Gasteiger charge is 2.11. The number of methoxy groups -OCH3 is 2. The van der Waals surface area contributed by atoms with Crippen molar-refractivity contribution in [3.05, 3.63) is 47.8 Å². The third kappa shape index (κ3) is 3.22. The van der Waals surface area contributed by atoms with E-state index < -0.39 is 11.8 Å². The van der Waals surface area contributed by atoms with Gasteiger partial charge in [-0.05, 0) is 30.3 Å². The van der Waals surface area contributed by atoms with Crippen molar-refractivity contribution in [1.29, 1.82) is 0 Å². The molecule has 0 atom stereocenters. The molecule has 21 heavy (non-hydrogen) atoms. The summed E-state index contributed by atoms with van der Waals surface area (Å²) in [6, 6.07) is 8.87. The fourth-order valence-electron chi connectivity index (χ4n) is 1.78. The molecule has 0 aliphatic rings. The molecule has 0 amide bonds. The molecule has 0 heterocycles.